The van der Waals surface area contributed by atoms with Crippen LogP contribution in [0.3, 0.4) is 0 Å². The largest absolute Gasteiger partial charge is 0.497 e. The number of methoxy groups -OCH3 is 2. The molecule has 1 aromatic rings. The third-order valence-electron chi connectivity index (χ3n) is 1.98. The number of hydrogen-bond donors (Lipinski definition) is 1. The topological polar surface area (TPSA) is 30.5 Å². The number of nitrogens with one attached hydrogen (secondary N) is 1. The van der Waals surface area contributed by atoms with E-state index in [0.29, 0.717) is 16.5 Å². The maximum absolute atomic E-state index is 6.18. The summed E-state index contributed by atoms with van der Waals surface area (Å²) in [5.74, 6) is 1.36. The number of halogens is 1. The van der Waals surface area contributed by atoms with Gasteiger partial charge >= 0.3 is 0 Å². The molecule has 0 aliphatic rings. The van der Waals surface area contributed by atoms with Crippen molar-refractivity contribution in [1.29, 1.82) is 0 Å². The minimum Gasteiger partial charge on any atom is -0.497 e. The fourth-order valence-corrected chi connectivity index (χ4v) is 1.58. The summed E-state index contributed by atoms with van der Waals surface area (Å²) in [6, 6.07) is 3.57. The second kappa shape index (κ2) is 4.83. The zero-order valence-corrected chi connectivity index (χ0v) is 11.1. The Morgan fingerprint density at radius 1 is 1.12 bits per heavy atom. The molecular formula is C12H18ClNO2. The molecule has 1 rings (SSSR count). The van der Waals surface area contributed by atoms with Gasteiger partial charge in [0.1, 0.15) is 11.5 Å². The van der Waals surface area contributed by atoms with Crippen molar-refractivity contribution in [1.82, 2.24) is 0 Å². The van der Waals surface area contributed by atoms with Crippen LogP contribution in [0.25, 0.3) is 0 Å². The molecule has 0 aliphatic heterocycles. The highest BCUT2D eigenvalue weighted by molar-refractivity contribution is 6.33. The highest BCUT2D eigenvalue weighted by Crippen LogP contribution is 2.38. The summed E-state index contributed by atoms with van der Waals surface area (Å²) in [6.07, 6.45) is 0. The minimum absolute atomic E-state index is 0.0779. The number of anilines is 1. The van der Waals surface area contributed by atoms with Crippen LogP contribution in [-0.2, 0) is 0 Å². The number of hydrogen-bond acceptors (Lipinski definition) is 3. The Hall–Kier alpha value is -1.09. The zero-order chi connectivity index (χ0) is 12.3. The van der Waals surface area contributed by atoms with E-state index in [-0.39, 0.29) is 5.54 Å². The summed E-state index contributed by atoms with van der Waals surface area (Å²) in [4.78, 5) is 0. The molecule has 0 amide bonds. The van der Waals surface area contributed by atoms with E-state index in [0.717, 1.165) is 5.69 Å². The summed E-state index contributed by atoms with van der Waals surface area (Å²) < 4.78 is 10.4. The quantitative estimate of drug-likeness (QED) is 0.881. The van der Waals surface area contributed by atoms with Gasteiger partial charge in [-0.25, -0.2) is 0 Å². The molecule has 0 saturated heterocycles. The highest BCUT2D eigenvalue weighted by atomic mass is 35.5. The average Bonchev–Trinajstić information content (AvgIpc) is 2.19. The van der Waals surface area contributed by atoms with Gasteiger partial charge < -0.3 is 14.8 Å². The summed E-state index contributed by atoms with van der Waals surface area (Å²) in [5, 5.41) is 3.90. The van der Waals surface area contributed by atoms with Gasteiger partial charge in [0.2, 0.25) is 0 Å². The molecular weight excluding hydrogens is 226 g/mol. The molecule has 0 aromatic heterocycles. The average molecular weight is 244 g/mol. The normalized spacial score (nSPS) is 11.1. The molecule has 16 heavy (non-hydrogen) atoms. The second-order valence-corrected chi connectivity index (χ2v) is 4.97. The summed E-state index contributed by atoms with van der Waals surface area (Å²) >= 11 is 6.18. The first-order valence-electron chi connectivity index (χ1n) is 5.07. The smallest absolute Gasteiger partial charge is 0.147 e. The monoisotopic (exact) mass is 243 g/mol. The molecule has 0 radical (unpaired) electrons. The van der Waals surface area contributed by atoms with Gasteiger partial charge in [-0.05, 0) is 20.8 Å². The van der Waals surface area contributed by atoms with Crippen LogP contribution in [0.15, 0.2) is 12.1 Å². The molecule has 4 heteroatoms. The van der Waals surface area contributed by atoms with Crippen LogP contribution < -0.4 is 14.8 Å². The summed E-state index contributed by atoms with van der Waals surface area (Å²) in [6.45, 7) is 6.19. The van der Waals surface area contributed by atoms with Gasteiger partial charge in [0.15, 0.2) is 0 Å². The predicted molar refractivity (Wildman–Crippen MR) is 67.9 cm³/mol. The first-order chi connectivity index (χ1) is 7.37. The van der Waals surface area contributed by atoms with Crippen LogP contribution in [0.5, 0.6) is 11.5 Å². The van der Waals surface area contributed by atoms with E-state index in [2.05, 4.69) is 26.1 Å². The number of ether oxygens (including phenoxy) is 2. The third kappa shape index (κ3) is 3.20. The van der Waals surface area contributed by atoms with Crippen molar-refractivity contribution in [3.63, 3.8) is 0 Å². The summed E-state index contributed by atoms with van der Waals surface area (Å²) in [7, 11) is 3.21. The predicted octanol–water partition coefficient (Wildman–Crippen LogP) is 3.57. The van der Waals surface area contributed by atoms with E-state index >= 15 is 0 Å². The van der Waals surface area contributed by atoms with Crippen LogP contribution in [0.2, 0.25) is 5.02 Å². The Bertz CT molecular complexity index is 372. The zero-order valence-electron chi connectivity index (χ0n) is 10.3. The molecule has 0 unspecified atom stereocenters. The Kier molecular flexibility index (Phi) is 3.92. The molecule has 0 atom stereocenters. The number of rotatable bonds is 3. The SMILES string of the molecule is COc1cc(Cl)c(NC(C)(C)C)c(OC)c1. The van der Waals surface area contributed by atoms with E-state index in [1.54, 1.807) is 26.4 Å². The lowest BCUT2D eigenvalue weighted by Crippen LogP contribution is -2.26. The van der Waals surface area contributed by atoms with Crippen molar-refractivity contribution < 1.29 is 9.47 Å². The fraction of sp³-hybridized carbons (Fsp3) is 0.500. The van der Waals surface area contributed by atoms with E-state index in [1.807, 2.05) is 0 Å². The van der Waals surface area contributed by atoms with Gasteiger partial charge in [-0.15, -0.1) is 0 Å². The molecule has 1 N–H and O–H groups in total. The van der Waals surface area contributed by atoms with E-state index in [9.17, 15) is 0 Å². The Morgan fingerprint density at radius 3 is 2.19 bits per heavy atom. The van der Waals surface area contributed by atoms with Crippen molar-refractivity contribution in [2.75, 3.05) is 19.5 Å². The molecule has 0 heterocycles. The molecule has 0 bridgehead atoms. The molecule has 0 aliphatic carbocycles. The van der Waals surface area contributed by atoms with E-state index < -0.39 is 0 Å². The van der Waals surface area contributed by atoms with Crippen LogP contribution in [-0.4, -0.2) is 19.8 Å². The molecule has 0 fully saturated rings. The fourth-order valence-electron chi connectivity index (χ4n) is 1.33. The van der Waals surface area contributed by atoms with Crippen LogP contribution in [0.4, 0.5) is 5.69 Å². The molecule has 1 aromatic carbocycles. The standard InChI is InChI=1S/C12H18ClNO2/c1-12(2,3)14-11-9(13)6-8(15-4)7-10(11)16-5/h6-7,14H,1-5H3. The molecule has 0 spiro atoms. The minimum atomic E-state index is -0.0779. The molecule has 0 saturated carbocycles. The van der Waals surface area contributed by atoms with Gasteiger partial charge in [-0.2, -0.15) is 0 Å². The maximum Gasteiger partial charge on any atom is 0.147 e. The lowest BCUT2D eigenvalue weighted by molar-refractivity contribution is 0.394. The van der Waals surface area contributed by atoms with Gasteiger partial charge in [0.05, 0.1) is 24.9 Å². The van der Waals surface area contributed by atoms with Crippen molar-refractivity contribution >= 4 is 17.3 Å². The first-order valence-corrected chi connectivity index (χ1v) is 5.45. The van der Waals surface area contributed by atoms with Crippen LogP contribution in [0.1, 0.15) is 20.8 Å². The number of benzene rings is 1. The van der Waals surface area contributed by atoms with Crippen molar-refractivity contribution in [2.24, 2.45) is 0 Å². The van der Waals surface area contributed by atoms with Crippen molar-refractivity contribution in [3.8, 4) is 11.5 Å². The van der Waals surface area contributed by atoms with Crippen LogP contribution in [0, 0.1) is 0 Å². The maximum atomic E-state index is 6.18. The second-order valence-electron chi connectivity index (χ2n) is 4.56. The summed E-state index contributed by atoms with van der Waals surface area (Å²) in [5.41, 5.74) is 0.711. The Balaban J connectivity index is 3.16. The molecule has 3 nitrogen and oxygen atoms in total. The van der Waals surface area contributed by atoms with Crippen LogP contribution >= 0.6 is 11.6 Å². The molecule has 90 valence electrons. The first kappa shape index (κ1) is 13.0. The van der Waals surface area contributed by atoms with Crippen molar-refractivity contribution in [3.05, 3.63) is 17.2 Å². The Labute approximate surface area is 102 Å². The van der Waals surface area contributed by atoms with Gasteiger partial charge in [0.25, 0.3) is 0 Å². The Morgan fingerprint density at radius 2 is 1.75 bits per heavy atom. The lowest BCUT2D eigenvalue weighted by atomic mass is 10.1. The lowest BCUT2D eigenvalue weighted by Gasteiger charge is -2.24. The third-order valence-corrected chi connectivity index (χ3v) is 2.28. The highest BCUT2D eigenvalue weighted by Gasteiger charge is 2.17. The van der Waals surface area contributed by atoms with Gasteiger partial charge in [-0.1, -0.05) is 11.6 Å². The van der Waals surface area contributed by atoms with E-state index in [4.69, 9.17) is 21.1 Å². The van der Waals surface area contributed by atoms with Gasteiger partial charge in [0, 0.05) is 17.7 Å². The van der Waals surface area contributed by atoms with Crippen molar-refractivity contribution in [2.45, 2.75) is 26.3 Å². The van der Waals surface area contributed by atoms with Gasteiger partial charge in [-0.3, -0.25) is 0 Å². The van der Waals surface area contributed by atoms with E-state index in [1.165, 1.54) is 0 Å².